The quantitative estimate of drug-likeness (QED) is 0.226. The van der Waals surface area contributed by atoms with Gasteiger partial charge < -0.3 is 4.74 Å². The van der Waals surface area contributed by atoms with Crippen molar-refractivity contribution in [2.75, 3.05) is 4.90 Å². The molecular formula is C31H25NO4. The van der Waals surface area contributed by atoms with Gasteiger partial charge in [-0.15, -0.1) is 0 Å². The molecule has 5 aliphatic rings. The lowest BCUT2D eigenvalue weighted by molar-refractivity contribution is -0.135. The summed E-state index contributed by atoms with van der Waals surface area (Å²) in [5, 5.41) is 0. The number of nitrogens with zero attached hydrogens (tertiary/aromatic N) is 1. The standard InChI is InChI=1S/C31H25NO4/c33-29-27-22-14-15-23(25-17-24(22)25)28(27)30(34)32(29)20-12-7-13-21(16-20)36-31(35)26(18-8-3-1-4-9-18)19-10-5-2-6-11-19/h1-16,22-28H,17H2/t22-,23-,24-,25-,27+,28+/m0/s1. The van der Waals surface area contributed by atoms with E-state index in [-0.39, 0.29) is 35.5 Å². The number of hydrogen-bond donors (Lipinski definition) is 0. The first kappa shape index (κ1) is 21.3. The number of rotatable bonds is 5. The molecule has 0 aromatic heterocycles. The molecule has 0 spiro atoms. The fourth-order valence-corrected chi connectivity index (χ4v) is 6.83. The average molecular weight is 476 g/mol. The zero-order chi connectivity index (χ0) is 24.4. The lowest BCUT2D eigenvalue weighted by atomic mass is 9.63. The van der Waals surface area contributed by atoms with E-state index in [1.165, 1.54) is 4.90 Å². The number of carbonyl (C=O) groups excluding carboxylic acids is 3. The topological polar surface area (TPSA) is 63.7 Å². The Morgan fingerprint density at radius 3 is 1.86 bits per heavy atom. The number of amides is 2. The van der Waals surface area contributed by atoms with Crippen LogP contribution in [0.2, 0.25) is 0 Å². The smallest absolute Gasteiger partial charge is 0.323 e. The monoisotopic (exact) mass is 475 g/mol. The van der Waals surface area contributed by atoms with Crippen molar-refractivity contribution in [2.24, 2.45) is 35.5 Å². The molecule has 178 valence electrons. The number of allylic oxidation sites excluding steroid dienone is 2. The van der Waals surface area contributed by atoms with Crippen molar-refractivity contribution in [1.29, 1.82) is 0 Å². The summed E-state index contributed by atoms with van der Waals surface area (Å²) in [6, 6.07) is 25.8. The van der Waals surface area contributed by atoms with Gasteiger partial charge in [-0.2, -0.15) is 0 Å². The summed E-state index contributed by atoms with van der Waals surface area (Å²) in [6.07, 6.45) is 5.46. The Bertz CT molecular complexity index is 1320. The predicted octanol–water partition coefficient (Wildman–Crippen LogP) is 4.98. The Morgan fingerprint density at radius 1 is 0.750 bits per heavy atom. The first-order valence-electron chi connectivity index (χ1n) is 12.6. The van der Waals surface area contributed by atoms with Gasteiger partial charge in [0.1, 0.15) is 11.7 Å². The minimum Gasteiger partial charge on any atom is -0.426 e. The van der Waals surface area contributed by atoms with Gasteiger partial charge in [-0.3, -0.25) is 14.4 Å². The number of esters is 1. The van der Waals surface area contributed by atoms with E-state index in [0.717, 1.165) is 17.5 Å². The van der Waals surface area contributed by atoms with Gasteiger partial charge in [0, 0.05) is 6.07 Å². The van der Waals surface area contributed by atoms with Gasteiger partial charge in [0.25, 0.3) is 0 Å². The van der Waals surface area contributed by atoms with Crippen LogP contribution in [0.3, 0.4) is 0 Å². The second kappa shape index (κ2) is 8.02. The number of benzene rings is 3. The Balaban J connectivity index is 1.17. The van der Waals surface area contributed by atoms with E-state index in [1.807, 2.05) is 60.7 Å². The number of imide groups is 1. The molecule has 4 aliphatic carbocycles. The Morgan fingerprint density at radius 2 is 1.31 bits per heavy atom. The summed E-state index contributed by atoms with van der Waals surface area (Å²) < 4.78 is 5.85. The molecule has 0 unspecified atom stereocenters. The van der Waals surface area contributed by atoms with Gasteiger partial charge in [0.05, 0.1) is 17.5 Å². The fourth-order valence-electron chi connectivity index (χ4n) is 6.83. The van der Waals surface area contributed by atoms with E-state index in [1.54, 1.807) is 24.3 Å². The van der Waals surface area contributed by atoms with Crippen LogP contribution in [-0.2, 0) is 14.4 Å². The van der Waals surface area contributed by atoms with Gasteiger partial charge in [0.2, 0.25) is 11.8 Å². The second-order valence-electron chi connectivity index (χ2n) is 10.3. The highest BCUT2D eigenvalue weighted by molar-refractivity contribution is 6.22. The molecule has 8 rings (SSSR count). The molecule has 3 aromatic carbocycles. The van der Waals surface area contributed by atoms with Gasteiger partial charge in [-0.1, -0.05) is 78.9 Å². The number of anilines is 1. The van der Waals surface area contributed by atoms with Gasteiger partial charge in [-0.25, -0.2) is 4.90 Å². The molecule has 2 bridgehead atoms. The lowest BCUT2D eigenvalue weighted by Gasteiger charge is -2.37. The van der Waals surface area contributed by atoms with Crippen LogP contribution in [0.15, 0.2) is 97.1 Å². The maximum Gasteiger partial charge on any atom is 0.323 e. The second-order valence-corrected chi connectivity index (χ2v) is 10.3. The normalized spacial score (nSPS) is 29.3. The maximum absolute atomic E-state index is 13.5. The Labute approximate surface area is 209 Å². The summed E-state index contributed by atoms with van der Waals surface area (Å²) >= 11 is 0. The van der Waals surface area contributed by atoms with Gasteiger partial charge >= 0.3 is 5.97 Å². The van der Waals surface area contributed by atoms with Crippen molar-refractivity contribution < 1.29 is 19.1 Å². The molecule has 6 atom stereocenters. The summed E-state index contributed by atoms with van der Waals surface area (Å²) in [4.78, 5) is 41.7. The summed E-state index contributed by atoms with van der Waals surface area (Å²) in [6.45, 7) is 0. The Kier molecular flexibility index (Phi) is 4.75. The highest BCUT2D eigenvalue weighted by Gasteiger charge is 2.67. The average Bonchev–Trinajstić information content (AvgIpc) is 3.68. The van der Waals surface area contributed by atoms with E-state index < -0.39 is 11.9 Å². The molecular weight excluding hydrogens is 450 g/mol. The van der Waals surface area contributed by atoms with Crippen LogP contribution >= 0.6 is 0 Å². The van der Waals surface area contributed by atoms with E-state index in [0.29, 0.717) is 23.3 Å². The van der Waals surface area contributed by atoms with E-state index in [4.69, 9.17) is 4.74 Å². The maximum atomic E-state index is 13.5. The van der Waals surface area contributed by atoms with Crippen molar-refractivity contribution in [2.45, 2.75) is 12.3 Å². The molecule has 1 aliphatic heterocycles. The van der Waals surface area contributed by atoms with E-state index in [2.05, 4.69) is 12.2 Å². The van der Waals surface area contributed by atoms with E-state index >= 15 is 0 Å². The SMILES string of the molecule is O=C(Oc1cccc(N2C(=O)[C@@H]3[C@H]4C=C[C@@H]([C@@H]5C[C@@H]45)[C@H]3C2=O)c1)C(c1ccccc1)c1ccccc1. The molecule has 36 heavy (non-hydrogen) atoms. The largest absolute Gasteiger partial charge is 0.426 e. The zero-order valence-electron chi connectivity index (χ0n) is 19.6. The highest BCUT2D eigenvalue weighted by Crippen LogP contribution is 2.65. The van der Waals surface area contributed by atoms with Crippen LogP contribution in [0, 0.1) is 35.5 Å². The summed E-state index contributed by atoms with van der Waals surface area (Å²) in [7, 11) is 0. The van der Waals surface area contributed by atoms with Crippen LogP contribution in [0.4, 0.5) is 5.69 Å². The molecule has 2 amide bonds. The minimum absolute atomic E-state index is 0.121. The van der Waals surface area contributed by atoms with Crippen LogP contribution in [0.25, 0.3) is 0 Å². The van der Waals surface area contributed by atoms with Crippen molar-refractivity contribution in [3.63, 3.8) is 0 Å². The molecule has 0 radical (unpaired) electrons. The predicted molar refractivity (Wildman–Crippen MR) is 134 cm³/mol. The highest BCUT2D eigenvalue weighted by atomic mass is 16.5. The molecule has 3 fully saturated rings. The molecule has 1 heterocycles. The van der Waals surface area contributed by atoms with Crippen LogP contribution in [0.1, 0.15) is 23.5 Å². The first-order chi connectivity index (χ1) is 17.6. The third-order valence-electron chi connectivity index (χ3n) is 8.46. The number of ether oxygens (including phenoxy) is 1. The number of carbonyl (C=O) groups is 3. The first-order valence-corrected chi connectivity index (χ1v) is 12.6. The lowest BCUT2D eigenvalue weighted by Crippen LogP contribution is -2.40. The molecule has 2 saturated carbocycles. The molecule has 0 N–H and O–H groups in total. The molecule has 1 saturated heterocycles. The fraction of sp³-hybridized carbons (Fsp3) is 0.258. The van der Waals surface area contributed by atoms with Crippen LogP contribution in [0.5, 0.6) is 5.75 Å². The van der Waals surface area contributed by atoms with Crippen LogP contribution in [-0.4, -0.2) is 17.8 Å². The van der Waals surface area contributed by atoms with Crippen molar-refractivity contribution in [3.05, 3.63) is 108 Å². The molecule has 5 nitrogen and oxygen atoms in total. The zero-order valence-corrected chi connectivity index (χ0v) is 19.6. The summed E-state index contributed by atoms with van der Waals surface area (Å²) in [5.41, 5.74) is 2.13. The van der Waals surface area contributed by atoms with E-state index in [9.17, 15) is 14.4 Å². The molecule has 3 aromatic rings. The number of hydrogen-bond acceptors (Lipinski definition) is 4. The molecule has 5 heteroatoms. The van der Waals surface area contributed by atoms with Crippen molar-refractivity contribution >= 4 is 23.5 Å². The summed E-state index contributed by atoms with van der Waals surface area (Å²) in [5.74, 6) is -0.0118. The third kappa shape index (κ3) is 3.19. The van der Waals surface area contributed by atoms with Gasteiger partial charge in [0.15, 0.2) is 0 Å². The van der Waals surface area contributed by atoms with Crippen LogP contribution < -0.4 is 9.64 Å². The van der Waals surface area contributed by atoms with Gasteiger partial charge in [-0.05, 0) is 53.4 Å². The Hall–Kier alpha value is -3.99. The third-order valence-corrected chi connectivity index (χ3v) is 8.46. The van der Waals surface area contributed by atoms with Crippen molar-refractivity contribution in [1.82, 2.24) is 0 Å². The van der Waals surface area contributed by atoms with Crippen molar-refractivity contribution in [3.8, 4) is 5.75 Å². The minimum atomic E-state index is -0.595.